The van der Waals surface area contributed by atoms with E-state index in [4.69, 9.17) is 9.47 Å². The lowest BCUT2D eigenvalue weighted by Gasteiger charge is -2.09. The van der Waals surface area contributed by atoms with Crippen LogP contribution in [0.3, 0.4) is 0 Å². The number of hydrogen-bond acceptors (Lipinski definition) is 4. The van der Waals surface area contributed by atoms with Gasteiger partial charge in [0.15, 0.2) is 23.1 Å². The van der Waals surface area contributed by atoms with E-state index in [1.807, 2.05) is 19.1 Å². The standard InChI is InChI=1S/C18H18O4/c1-12-6-4-5-7-14(12)16(20)11-15(19)13-8-9-17(21-2)18(10-13)22-3/h4-10H,11H2,1-3H3. The smallest absolute Gasteiger partial charge is 0.170 e. The Hall–Kier alpha value is -2.62. The lowest BCUT2D eigenvalue weighted by atomic mass is 9.98. The van der Waals surface area contributed by atoms with Gasteiger partial charge in [0.1, 0.15) is 0 Å². The summed E-state index contributed by atoms with van der Waals surface area (Å²) < 4.78 is 10.3. The third-order valence-corrected chi connectivity index (χ3v) is 3.47. The summed E-state index contributed by atoms with van der Waals surface area (Å²) in [6.07, 6.45) is -0.166. The third kappa shape index (κ3) is 3.34. The Morgan fingerprint density at radius 2 is 1.59 bits per heavy atom. The lowest BCUT2D eigenvalue weighted by molar-refractivity contribution is 0.0894. The maximum atomic E-state index is 12.3. The van der Waals surface area contributed by atoms with Gasteiger partial charge in [0.05, 0.1) is 20.6 Å². The Morgan fingerprint density at radius 3 is 2.23 bits per heavy atom. The van der Waals surface area contributed by atoms with Gasteiger partial charge in [0, 0.05) is 11.1 Å². The Morgan fingerprint density at radius 1 is 0.909 bits per heavy atom. The van der Waals surface area contributed by atoms with Crippen molar-refractivity contribution in [1.29, 1.82) is 0 Å². The van der Waals surface area contributed by atoms with Crippen LogP contribution < -0.4 is 9.47 Å². The fraction of sp³-hybridized carbons (Fsp3) is 0.222. The van der Waals surface area contributed by atoms with Crippen molar-refractivity contribution in [3.8, 4) is 11.5 Å². The molecule has 4 heteroatoms. The predicted molar refractivity (Wildman–Crippen MR) is 84.0 cm³/mol. The number of rotatable bonds is 6. The summed E-state index contributed by atoms with van der Waals surface area (Å²) in [6.45, 7) is 1.86. The highest BCUT2D eigenvalue weighted by molar-refractivity contribution is 6.14. The fourth-order valence-electron chi connectivity index (χ4n) is 2.24. The normalized spacial score (nSPS) is 10.1. The zero-order valence-corrected chi connectivity index (χ0v) is 12.9. The Balaban J connectivity index is 2.19. The molecule has 0 bridgehead atoms. The average molecular weight is 298 g/mol. The van der Waals surface area contributed by atoms with Gasteiger partial charge in [-0.05, 0) is 30.7 Å². The molecule has 2 aromatic carbocycles. The van der Waals surface area contributed by atoms with Gasteiger partial charge >= 0.3 is 0 Å². The molecule has 0 N–H and O–H groups in total. The molecule has 0 aliphatic heterocycles. The van der Waals surface area contributed by atoms with Crippen molar-refractivity contribution in [3.05, 3.63) is 59.2 Å². The first-order valence-electron chi connectivity index (χ1n) is 6.91. The van der Waals surface area contributed by atoms with Gasteiger partial charge in [0.25, 0.3) is 0 Å². The van der Waals surface area contributed by atoms with Gasteiger partial charge in [-0.25, -0.2) is 0 Å². The minimum absolute atomic E-state index is 0.166. The van der Waals surface area contributed by atoms with Crippen LogP contribution in [0.15, 0.2) is 42.5 Å². The number of carbonyl (C=O) groups is 2. The van der Waals surface area contributed by atoms with Crippen LogP contribution in [0.1, 0.15) is 32.7 Å². The quantitative estimate of drug-likeness (QED) is 0.605. The second-order valence-corrected chi connectivity index (χ2v) is 4.91. The Kier molecular flexibility index (Phi) is 4.94. The number of methoxy groups -OCH3 is 2. The zero-order valence-electron chi connectivity index (χ0n) is 12.9. The second-order valence-electron chi connectivity index (χ2n) is 4.91. The highest BCUT2D eigenvalue weighted by atomic mass is 16.5. The monoisotopic (exact) mass is 298 g/mol. The minimum Gasteiger partial charge on any atom is -0.493 e. The average Bonchev–Trinajstić information content (AvgIpc) is 2.54. The SMILES string of the molecule is COc1ccc(C(=O)CC(=O)c2ccccc2C)cc1OC. The number of Topliss-reactive ketones (excluding diaryl/α,β-unsaturated/α-hetero) is 2. The highest BCUT2D eigenvalue weighted by Crippen LogP contribution is 2.28. The molecule has 0 atom stereocenters. The van der Waals surface area contributed by atoms with Crippen molar-refractivity contribution in [2.24, 2.45) is 0 Å². The van der Waals surface area contributed by atoms with Crippen LogP contribution in [-0.4, -0.2) is 25.8 Å². The van der Waals surface area contributed by atoms with Gasteiger partial charge in [-0.2, -0.15) is 0 Å². The molecule has 0 amide bonds. The number of carbonyl (C=O) groups excluding carboxylic acids is 2. The summed E-state index contributed by atoms with van der Waals surface area (Å²) in [5.41, 5.74) is 1.88. The first-order valence-corrected chi connectivity index (χ1v) is 6.91. The van der Waals surface area contributed by atoms with Gasteiger partial charge in [-0.1, -0.05) is 24.3 Å². The van der Waals surface area contributed by atoms with Gasteiger partial charge in [-0.15, -0.1) is 0 Å². The minimum atomic E-state index is -0.241. The molecular weight excluding hydrogens is 280 g/mol. The van der Waals surface area contributed by atoms with E-state index in [9.17, 15) is 9.59 Å². The number of benzene rings is 2. The summed E-state index contributed by atoms with van der Waals surface area (Å²) in [4.78, 5) is 24.5. The van der Waals surface area contributed by atoms with E-state index in [-0.39, 0.29) is 18.0 Å². The molecule has 2 aromatic rings. The topological polar surface area (TPSA) is 52.6 Å². The molecule has 2 rings (SSSR count). The zero-order chi connectivity index (χ0) is 16.1. The summed E-state index contributed by atoms with van der Waals surface area (Å²) in [7, 11) is 3.03. The van der Waals surface area contributed by atoms with Crippen molar-refractivity contribution in [2.75, 3.05) is 14.2 Å². The molecule has 0 saturated carbocycles. The van der Waals surface area contributed by atoms with Gasteiger partial charge in [0.2, 0.25) is 0 Å². The summed E-state index contributed by atoms with van der Waals surface area (Å²) in [5.74, 6) is 0.591. The number of ether oxygens (including phenoxy) is 2. The largest absolute Gasteiger partial charge is 0.493 e. The van der Waals surface area contributed by atoms with Crippen molar-refractivity contribution in [3.63, 3.8) is 0 Å². The molecule has 0 aliphatic rings. The fourth-order valence-corrected chi connectivity index (χ4v) is 2.24. The molecule has 4 nitrogen and oxygen atoms in total. The van der Waals surface area contributed by atoms with Crippen LogP contribution in [-0.2, 0) is 0 Å². The Labute approximate surface area is 129 Å². The van der Waals surface area contributed by atoms with Gasteiger partial charge < -0.3 is 9.47 Å². The first kappa shape index (κ1) is 15.8. The highest BCUT2D eigenvalue weighted by Gasteiger charge is 2.16. The second kappa shape index (κ2) is 6.89. The van der Waals surface area contributed by atoms with Crippen molar-refractivity contribution >= 4 is 11.6 Å². The van der Waals surface area contributed by atoms with Crippen LogP contribution in [0.25, 0.3) is 0 Å². The van der Waals surface area contributed by atoms with Crippen LogP contribution in [0.2, 0.25) is 0 Å². The maximum Gasteiger partial charge on any atom is 0.170 e. The molecule has 0 heterocycles. The summed E-state index contributed by atoms with van der Waals surface area (Å²) in [5, 5.41) is 0. The van der Waals surface area contributed by atoms with E-state index in [1.165, 1.54) is 14.2 Å². The van der Waals surface area contributed by atoms with Crippen LogP contribution in [0.4, 0.5) is 0 Å². The van der Waals surface area contributed by atoms with Crippen LogP contribution in [0.5, 0.6) is 11.5 Å². The molecule has 0 radical (unpaired) electrons. The number of ketones is 2. The molecule has 0 spiro atoms. The van der Waals surface area contributed by atoms with Crippen LogP contribution >= 0.6 is 0 Å². The van der Waals surface area contributed by atoms with E-state index in [0.717, 1.165) is 5.56 Å². The van der Waals surface area contributed by atoms with E-state index >= 15 is 0 Å². The van der Waals surface area contributed by atoms with E-state index in [1.54, 1.807) is 30.3 Å². The molecule has 0 fully saturated rings. The van der Waals surface area contributed by atoms with E-state index < -0.39 is 0 Å². The molecule has 22 heavy (non-hydrogen) atoms. The third-order valence-electron chi connectivity index (χ3n) is 3.47. The molecule has 114 valence electrons. The summed E-state index contributed by atoms with van der Waals surface area (Å²) >= 11 is 0. The van der Waals surface area contributed by atoms with E-state index in [2.05, 4.69) is 0 Å². The first-order chi connectivity index (χ1) is 10.6. The molecular formula is C18H18O4. The molecule has 0 unspecified atom stereocenters. The summed E-state index contributed by atoms with van der Waals surface area (Å²) in [6, 6.07) is 12.1. The van der Waals surface area contributed by atoms with Crippen LogP contribution in [0, 0.1) is 6.92 Å². The van der Waals surface area contributed by atoms with Gasteiger partial charge in [-0.3, -0.25) is 9.59 Å². The van der Waals surface area contributed by atoms with Crippen molar-refractivity contribution in [1.82, 2.24) is 0 Å². The molecule has 0 aliphatic carbocycles. The Bertz CT molecular complexity index is 704. The molecule has 0 aromatic heterocycles. The lowest BCUT2D eigenvalue weighted by Crippen LogP contribution is -2.10. The van der Waals surface area contributed by atoms with Crippen molar-refractivity contribution in [2.45, 2.75) is 13.3 Å². The molecule has 0 saturated heterocycles. The number of hydrogen-bond donors (Lipinski definition) is 0. The maximum absolute atomic E-state index is 12.3. The number of aryl methyl sites for hydroxylation is 1. The van der Waals surface area contributed by atoms with E-state index in [0.29, 0.717) is 22.6 Å². The van der Waals surface area contributed by atoms with Crippen molar-refractivity contribution < 1.29 is 19.1 Å². The predicted octanol–water partition coefficient (Wildman–Crippen LogP) is 3.47.